The minimum atomic E-state index is -0.623. The predicted molar refractivity (Wildman–Crippen MR) is 92.3 cm³/mol. The highest BCUT2D eigenvalue weighted by molar-refractivity contribution is 6.31. The van der Waals surface area contributed by atoms with Crippen molar-refractivity contribution in [2.24, 2.45) is 0 Å². The molecule has 2 aromatic carbocycles. The maximum Gasteiger partial charge on any atom is 0.161 e. The van der Waals surface area contributed by atoms with Gasteiger partial charge in [0.1, 0.15) is 0 Å². The highest BCUT2D eigenvalue weighted by Crippen LogP contribution is 2.30. The summed E-state index contributed by atoms with van der Waals surface area (Å²) in [6, 6.07) is 13.2. The molecule has 0 amide bonds. The van der Waals surface area contributed by atoms with Gasteiger partial charge in [-0.15, -0.1) is 0 Å². The zero-order valence-corrected chi connectivity index (χ0v) is 14.4. The molecule has 4 nitrogen and oxygen atoms in total. The van der Waals surface area contributed by atoms with Gasteiger partial charge in [-0.1, -0.05) is 35.9 Å². The van der Waals surface area contributed by atoms with Crippen LogP contribution in [0.2, 0.25) is 5.02 Å². The van der Waals surface area contributed by atoms with Gasteiger partial charge in [0.2, 0.25) is 0 Å². The fourth-order valence-electron chi connectivity index (χ4n) is 2.44. The van der Waals surface area contributed by atoms with Crippen LogP contribution in [0.15, 0.2) is 42.5 Å². The van der Waals surface area contributed by atoms with Gasteiger partial charge in [-0.25, -0.2) is 0 Å². The summed E-state index contributed by atoms with van der Waals surface area (Å²) in [6.07, 6.45) is -0.623. The molecule has 0 saturated heterocycles. The van der Waals surface area contributed by atoms with Crippen molar-refractivity contribution in [2.45, 2.75) is 12.6 Å². The Balaban J connectivity index is 2.03. The number of methoxy groups -OCH3 is 2. The lowest BCUT2D eigenvalue weighted by Crippen LogP contribution is -2.24. The molecule has 2 aromatic rings. The van der Waals surface area contributed by atoms with Gasteiger partial charge in [0, 0.05) is 18.1 Å². The summed E-state index contributed by atoms with van der Waals surface area (Å²) in [5.74, 6) is 1.26. The zero-order valence-electron chi connectivity index (χ0n) is 13.6. The first-order valence-corrected chi connectivity index (χ1v) is 7.75. The Morgan fingerprint density at radius 2 is 1.78 bits per heavy atom. The smallest absolute Gasteiger partial charge is 0.161 e. The number of rotatable bonds is 7. The van der Waals surface area contributed by atoms with Gasteiger partial charge in [-0.3, -0.25) is 4.90 Å². The molecular formula is C18H22ClNO3. The van der Waals surface area contributed by atoms with E-state index in [0.717, 1.165) is 16.1 Å². The van der Waals surface area contributed by atoms with Gasteiger partial charge in [0.05, 0.1) is 20.3 Å². The van der Waals surface area contributed by atoms with Gasteiger partial charge < -0.3 is 14.6 Å². The molecule has 5 heteroatoms. The number of halogens is 1. The van der Waals surface area contributed by atoms with E-state index in [9.17, 15) is 5.11 Å². The summed E-state index contributed by atoms with van der Waals surface area (Å²) in [5, 5.41) is 11.2. The van der Waals surface area contributed by atoms with Crippen molar-refractivity contribution in [3.05, 3.63) is 58.6 Å². The largest absolute Gasteiger partial charge is 0.493 e. The standard InChI is InChI=1S/C18H22ClNO3/c1-20(11-14-6-4-5-7-15(14)19)12-16(21)13-8-9-17(22-2)18(10-13)23-3/h4-10,16,21H,11-12H2,1-3H3. The summed E-state index contributed by atoms with van der Waals surface area (Å²) in [7, 11) is 5.12. The molecule has 23 heavy (non-hydrogen) atoms. The normalized spacial score (nSPS) is 12.3. The third-order valence-electron chi connectivity index (χ3n) is 3.68. The van der Waals surface area contributed by atoms with Crippen LogP contribution in [0.25, 0.3) is 0 Å². The van der Waals surface area contributed by atoms with Gasteiger partial charge in [0.15, 0.2) is 11.5 Å². The molecule has 2 rings (SSSR count). The predicted octanol–water partition coefficient (Wildman–Crippen LogP) is 3.52. The Kier molecular flexibility index (Phi) is 6.28. The van der Waals surface area contributed by atoms with Crippen LogP contribution in [0.5, 0.6) is 11.5 Å². The molecule has 0 aliphatic carbocycles. The van der Waals surface area contributed by atoms with Gasteiger partial charge in [-0.2, -0.15) is 0 Å². The second kappa shape index (κ2) is 8.20. The molecule has 0 spiro atoms. The molecule has 0 aliphatic heterocycles. The summed E-state index contributed by atoms with van der Waals surface area (Å²) in [5.41, 5.74) is 1.82. The molecule has 0 fully saturated rings. The number of aliphatic hydroxyl groups is 1. The fraction of sp³-hybridized carbons (Fsp3) is 0.333. The Morgan fingerprint density at radius 1 is 1.09 bits per heavy atom. The lowest BCUT2D eigenvalue weighted by molar-refractivity contribution is 0.123. The molecule has 124 valence electrons. The molecule has 0 aliphatic rings. The maximum atomic E-state index is 10.5. The Bertz CT molecular complexity index is 648. The average Bonchev–Trinajstić information content (AvgIpc) is 2.56. The van der Waals surface area contributed by atoms with E-state index in [4.69, 9.17) is 21.1 Å². The zero-order chi connectivity index (χ0) is 16.8. The summed E-state index contributed by atoms with van der Waals surface area (Å²) in [4.78, 5) is 2.03. The topological polar surface area (TPSA) is 41.9 Å². The number of benzene rings is 2. The number of aliphatic hydroxyl groups excluding tert-OH is 1. The molecule has 0 heterocycles. The van der Waals surface area contributed by atoms with Crippen molar-refractivity contribution in [3.63, 3.8) is 0 Å². The van der Waals surface area contributed by atoms with E-state index in [1.807, 2.05) is 42.3 Å². The van der Waals surface area contributed by atoms with Crippen LogP contribution < -0.4 is 9.47 Å². The third kappa shape index (κ3) is 4.61. The summed E-state index contributed by atoms with van der Waals surface area (Å²) in [6.45, 7) is 1.16. The Morgan fingerprint density at radius 3 is 2.43 bits per heavy atom. The number of nitrogens with zero attached hydrogens (tertiary/aromatic N) is 1. The second-order valence-corrected chi connectivity index (χ2v) is 5.83. The second-order valence-electron chi connectivity index (χ2n) is 5.42. The van der Waals surface area contributed by atoms with Crippen molar-refractivity contribution < 1.29 is 14.6 Å². The van der Waals surface area contributed by atoms with Crippen molar-refractivity contribution in [1.82, 2.24) is 4.90 Å². The number of hydrogen-bond donors (Lipinski definition) is 1. The van der Waals surface area contributed by atoms with E-state index in [0.29, 0.717) is 24.6 Å². The highest BCUT2D eigenvalue weighted by atomic mass is 35.5. The molecule has 0 aromatic heterocycles. The summed E-state index contributed by atoms with van der Waals surface area (Å²) < 4.78 is 10.5. The van der Waals surface area contributed by atoms with Crippen LogP contribution in [-0.2, 0) is 6.54 Å². The van der Waals surface area contributed by atoms with Crippen molar-refractivity contribution in [2.75, 3.05) is 27.8 Å². The minimum absolute atomic E-state index is 0.487. The molecule has 0 saturated carbocycles. The van der Waals surface area contributed by atoms with Crippen molar-refractivity contribution in [1.29, 1.82) is 0 Å². The molecule has 1 atom stereocenters. The number of likely N-dealkylation sites (N-methyl/N-ethyl adjacent to an activating group) is 1. The van der Waals surface area contributed by atoms with E-state index in [1.54, 1.807) is 26.4 Å². The van der Waals surface area contributed by atoms with E-state index in [1.165, 1.54) is 0 Å². The summed E-state index contributed by atoms with van der Waals surface area (Å²) >= 11 is 6.18. The van der Waals surface area contributed by atoms with Crippen molar-refractivity contribution in [3.8, 4) is 11.5 Å². The van der Waals surface area contributed by atoms with Crippen LogP contribution in [0.3, 0.4) is 0 Å². The van der Waals surface area contributed by atoms with E-state index in [-0.39, 0.29) is 0 Å². The maximum absolute atomic E-state index is 10.5. The SMILES string of the molecule is COc1ccc(C(O)CN(C)Cc2ccccc2Cl)cc1OC. The van der Waals surface area contributed by atoms with Gasteiger partial charge in [-0.05, 0) is 36.4 Å². The third-order valence-corrected chi connectivity index (χ3v) is 4.04. The highest BCUT2D eigenvalue weighted by Gasteiger charge is 2.14. The van der Waals surface area contributed by atoms with Crippen molar-refractivity contribution >= 4 is 11.6 Å². The van der Waals surface area contributed by atoms with Crippen LogP contribution in [-0.4, -0.2) is 37.8 Å². The number of ether oxygens (including phenoxy) is 2. The van der Waals surface area contributed by atoms with Crippen LogP contribution >= 0.6 is 11.6 Å². The molecule has 1 unspecified atom stereocenters. The van der Waals surface area contributed by atoms with E-state index >= 15 is 0 Å². The van der Waals surface area contributed by atoms with Gasteiger partial charge >= 0.3 is 0 Å². The Hall–Kier alpha value is -1.75. The quantitative estimate of drug-likeness (QED) is 0.840. The lowest BCUT2D eigenvalue weighted by Gasteiger charge is -2.22. The average molecular weight is 336 g/mol. The van der Waals surface area contributed by atoms with E-state index in [2.05, 4.69) is 0 Å². The van der Waals surface area contributed by atoms with Crippen LogP contribution in [0, 0.1) is 0 Å². The molecular weight excluding hydrogens is 314 g/mol. The lowest BCUT2D eigenvalue weighted by atomic mass is 10.1. The first-order chi connectivity index (χ1) is 11.0. The fourth-order valence-corrected chi connectivity index (χ4v) is 2.64. The Labute approximate surface area is 142 Å². The molecule has 0 bridgehead atoms. The van der Waals surface area contributed by atoms with Crippen LogP contribution in [0.4, 0.5) is 0 Å². The van der Waals surface area contributed by atoms with Crippen LogP contribution in [0.1, 0.15) is 17.2 Å². The molecule has 1 N–H and O–H groups in total. The first-order valence-electron chi connectivity index (χ1n) is 7.37. The first kappa shape index (κ1) is 17.6. The van der Waals surface area contributed by atoms with Gasteiger partial charge in [0.25, 0.3) is 0 Å². The van der Waals surface area contributed by atoms with E-state index < -0.39 is 6.10 Å². The molecule has 0 radical (unpaired) electrons. The monoisotopic (exact) mass is 335 g/mol. The number of hydrogen-bond acceptors (Lipinski definition) is 4. The minimum Gasteiger partial charge on any atom is -0.493 e.